The van der Waals surface area contributed by atoms with Crippen LogP contribution in [-0.4, -0.2) is 11.2 Å². The molecule has 1 unspecified atom stereocenters. The average Bonchev–Trinajstić information content (AvgIpc) is 2.30. The van der Waals surface area contributed by atoms with Crippen molar-refractivity contribution in [2.75, 3.05) is 0 Å². The first-order chi connectivity index (χ1) is 8.08. The number of benzene rings is 1. The fraction of sp³-hybridized carbons (Fsp3) is 0.462. The maximum absolute atomic E-state index is 11.6. The van der Waals surface area contributed by atoms with Gasteiger partial charge in [0.05, 0.1) is 5.25 Å². The second-order valence-electron chi connectivity index (χ2n) is 4.17. The maximum atomic E-state index is 11.6. The van der Waals surface area contributed by atoms with E-state index < -0.39 is 0 Å². The van der Waals surface area contributed by atoms with Gasteiger partial charge in [-0.2, -0.15) is 0 Å². The van der Waals surface area contributed by atoms with Crippen LogP contribution in [0.4, 0.5) is 0 Å². The van der Waals surface area contributed by atoms with Gasteiger partial charge in [-0.15, -0.1) is 11.8 Å². The Morgan fingerprint density at radius 2 is 2.18 bits per heavy atom. The Labute approximate surface area is 107 Å². The summed E-state index contributed by atoms with van der Waals surface area (Å²) in [6, 6.07) is 6.27. The number of nitrogens with one attached hydrogen (secondary N) is 1. The zero-order chi connectivity index (χ0) is 12.8. The van der Waals surface area contributed by atoms with Crippen molar-refractivity contribution in [1.82, 2.24) is 5.43 Å². The molecule has 0 aliphatic rings. The molecule has 1 atom stereocenters. The minimum absolute atomic E-state index is 0.100. The van der Waals surface area contributed by atoms with Crippen molar-refractivity contribution in [2.45, 2.75) is 43.8 Å². The molecule has 1 rings (SSSR count). The molecule has 0 spiro atoms. The van der Waals surface area contributed by atoms with Crippen molar-refractivity contribution in [2.24, 2.45) is 5.84 Å². The van der Waals surface area contributed by atoms with Crippen LogP contribution in [0.2, 0.25) is 0 Å². The van der Waals surface area contributed by atoms with E-state index in [0.29, 0.717) is 0 Å². The van der Waals surface area contributed by atoms with E-state index in [4.69, 9.17) is 5.84 Å². The lowest BCUT2D eigenvalue weighted by Crippen LogP contribution is -2.37. The first-order valence-electron chi connectivity index (χ1n) is 5.82. The molecule has 17 heavy (non-hydrogen) atoms. The predicted octanol–water partition coefficient (Wildman–Crippen LogP) is 2.55. The van der Waals surface area contributed by atoms with Gasteiger partial charge >= 0.3 is 0 Å². The van der Waals surface area contributed by atoms with Gasteiger partial charge in [0.2, 0.25) is 5.91 Å². The summed E-state index contributed by atoms with van der Waals surface area (Å²) in [6.07, 6.45) is 1.80. The predicted molar refractivity (Wildman–Crippen MR) is 72.8 cm³/mol. The average molecular weight is 252 g/mol. The van der Waals surface area contributed by atoms with Crippen LogP contribution in [0.25, 0.3) is 0 Å². The normalized spacial score (nSPS) is 12.2. The van der Waals surface area contributed by atoms with Gasteiger partial charge in [0.25, 0.3) is 0 Å². The number of carbonyl (C=O) groups excluding carboxylic acids is 1. The van der Waals surface area contributed by atoms with Gasteiger partial charge in [0, 0.05) is 4.90 Å². The molecule has 3 N–H and O–H groups in total. The number of carbonyl (C=O) groups is 1. The summed E-state index contributed by atoms with van der Waals surface area (Å²) in [5, 5.41) is -0.105. The molecule has 0 aliphatic carbocycles. The fourth-order valence-electron chi connectivity index (χ4n) is 1.68. The quantitative estimate of drug-likeness (QED) is 0.366. The molecule has 0 radical (unpaired) electrons. The minimum Gasteiger partial charge on any atom is -0.293 e. The summed E-state index contributed by atoms with van der Waals surface area (Å²) in [4.78, 5) is 12.8. The first kappa shape index (κ1) is 14.1. The summed E-state index contributed by atoms with van der Waals surface area (Å²) in [5.74, 6) is 5.11. The van der Waals surface area contributed by atoms with E-state index in [2.05, 4.69) is 44.4 Å². The third-order valence-electron chi connectivity index (χ3n) is 2.59. The SMILES string of the molecule is CCCC(Sc1ccc(C)cc1C)C(=O)NN. The molecule has 4 heteroatoms. The second-order valence-corrected chi connectivity index (χ2v) is 5.42. The van der Waals surface area contributed by atoms with Crippen LogP contribution in [0.3, 0.4) is 0 Å². The largest absolute Gasteiger partial charge is 0.293 e. The number of hydrazine groups is 1. The van der Waals surface area contributed by atoms with Gasteiger partial charge < -0.3 is 0 Å². The minimum atomic E-state index is -0.105. The van der Waals surface area contributed by atoms with Gasteiger partial charge in [0.15, 0.2) is 0 Å². The van der Waals surface area contributed by atoms with E-state index in [1.807, 2.05) is 0 Å². The Kier molecular flexibility index (Phi) is 5.51. The Morgan fingerprint density at radius 3 is 2.71 bits per heavy atom. The summed E-state index contributed by atoms with van der Waals surface area (Å²) in [7, 11) is 0. The van der Waals surface area contributed by atoms with Crippen LogP contribution >= 0.6 is 11.8 Å². The van der Waals surface area contributed by atoms with Crippen LogP contribution in [0.5, 0.6) is 0 Å². The number of hydrogen-bond acceptors (Lipinski definition) is 3. The Hall–Kier alpha value is -1.00. The summed E-state index contributed by atoms with van der Waals surface area (Å²) >= 11 is 1.59. The molecule has 0 bridgehead atoms. The van der Waals surface area contributed by atoms with E-state index in [9.17, 15) is 4.79 Å². The highest BCUT2D eigenvalue weighted by atomic mass is 32.2. The lowest BCUT2D eigenvalue weighted by molar-refractivity contribution is -0.120. The van der Waals surface area contributed by atoms with Crippen LogP contribution < -0.4 is 11.3 Å². The Bertz CT molecular complexity index is 393. The second kappa shape index (κ2) is 6.67. The van der Waals surface area contributed by atoms with Crippen molar-refractivity contribution in [1.29, 1.82) is 0 Å². The molecular formula is C13H20N2OS. The molecule has 1 aromatic rings. The molecular weight excluding hydrogens is 232 g/mol. The number of aryl methyl sites for hydroxylation is 2. The Balaban J connectivity index is 2.82. The van der Waals surface area contributed by atoms with Crippen LogP contribution in [0, 0.1) is 13.8 Å². The van der Waals surface area contributed by atoms with E-state index >= 15 is 0 Å². The summed E-state index contributed by atoms with van der Waals surface area (Å²) in [5.41, 5.74) is 4.69. The van der Waals surface area contributed by atoms with Crippen molar-refractivity contribution >= 4 is 17.7 Å². The lowest BCUT2D eigenvalue weighted by atomic mass is 10.2. The number of hydrogen-bond donors (Lipinski definition) is 2. The third kappa shape index (κ3) is 4.06. The Morgan fingerprint density at radius 1 is 1.47 bits per heavy atom. The monoisotopic (exact) mass is 252 g/mol. The zero-order valence-corrected chi connectivity index (χ0v) is 11.4. The molecule has 0 aromatic heterocycles. The molecule has 0 saturated heterocycles. The standard InChI is InChI=1S/C13H20N2OS/c1-4-5-12(13(16)15-14)17-11-7-6-9(2)8-10(11)3/h6-8,12H,4-5,14H2,1-3H3,(H,15,16). The molecule has 0 saturated carbocycles. The number of thioether (sulfide) groups is 1. The van der Waals surface area contributed by atoms with E-state index in [-0.39, 0.29) is 11.2 Å². The van der Waals surface area contributed by atoms with Crippen molar-refractivity contribution in [3.8, 4) is 0 Å². The van der Waals surface area contributed by atoms with E-state index in [1.165, 1.54) is 11.1 Å². The van der Waals surface area contributed by atoms with E-state index in [0.717, 1.165) is 17.7 Å². The zero-order valence-electron chi connectivity index (χ0n) is 10.6. The van der Waals surface area contributed by atoms with Gasteiger partial charge in [0.1, 0.15) is 0 Å². The van der Waals surface area contributed by atoms with Crippen molar-refractivity contribution in [3.05, 3.63) is 29.3 Å². The highest BCUT2D eigenvalue weighted by molar-refractivity contribution is 8.00. The molecule has 0 aliphatic heterocycles. The third-order valence-corrected chi connectivity index (χ3v) is 4.03. The van der Waals surface area contributed by atoms with Crippen LogP contribution in [0.15, 0.2) is 23.1 Å². The van der Waals surface area contributed by atoms with Gasteiger partial charge in [-0.05, 0) is 31.9 Å². The molecule has 94 valence electrons. The fourth-order valence-corrected chi connectivity index (χ4v) is 2.91. The van der Waals surface area contributed by atoms with Gasteiger partial charge in [-0.25, -0.2) is 5.84 Å². The highest BCUT2D eigenvalue weighted by Crippen LogP contribution is 2.29. The van der Waals surface area contributed by atoms with Gasteiger partial charge in [-0.3, -0.25) is 10.2 Å². The molecule has 0 heterocycles. The van der Waals surface area contributed by atoms with Crippen molar-refractivity contribution in [3.63, 3.8) is 0 Å². The van der Waals surface area contributed by atoms with Crippen LogP contribution in [0.1, 0.15) is 30.9 Å². The van der Waals surface area contributed by atoms with E-state index in [1.54, 1.807) is 11.8 Å². The lowest BCUT2D eigenvalue weighted by Gasteiger charge is -2.15. The maximum Gasteiger partial charge on any atom is 0.247 e. The number of amides is 1. The highest BCUT2D eigenvalue weighted by Gasteiger charge is 2.18. The van der Waals surface area contributed by atoms with Crippen molar-refractivity contribution < 1.29 is 4.79 Å². The molecule has 0 fully saturated rings. The molecule has 1 amide bonds. The van der Waals surface area contributed by atoms with Crippen LogP contribution in [-0.2, 0) is 4.79 Å². The van der Waals surface area contributed by atoms with Gasteiger partial charge in [-0.1, -0.05) is 31.0 Å². The smallest absolute Gasteiger partial charge is 0.247 e. The topological polar surface area (TPSA) is 55.1 Å². The molecule has 1 aromatic carbocycles. The number of nitrogens with two attached hydrogens (primary N) is 1. The number of rotatable bonds is 5. The summed E-state index contributed by atoms with van der Waals surface area (Å²) < 4.78 is 0. The molecule has 3 nitrogen and oxygen atoms in total. The summed E-state index contributed by atoms with van der Waals surface area (Å²) in [6.45, 7) is 6.20. The first-order valence-corrected chi connectivity index (χ1v) is 6.70.